The standard InChI is InChI=1S/C25H26FN3O2/c1-15-11-24(6-5-22(15)30-2)12-18-4-3-17(19-7-16(13-27)8-20(26)9-19)10-21(18)25(24)14-31-23(28)29-25/h3-4,7-10,15,22H,5-6,11-12,14H2,1-2H3,(H2,28,29)/t15-,22-,24-,25+/m1/s1/i14D2. The third kappa shape index (κ3) is 2.95. The number of methoxy groups -OCH3 is 1. The van der Waals surface area contributed by atoms with Crippen molar-refractivity contribution < 1.29 is 16.6 Å². The van der Waals surface area contributed by atoms with E-state index in [1.54, 1.807) is 13.2 Å². The third-order valence-corrected chi connectivity index (χ3v) is 7.29. The number of ether oxygens (including phenoxy) is 2. The second-order valence-electron chi connectivity index (χ2n) is 9.03. The molecule has 6 heteroatoms. The quantitative estimate of drug-likeness (QED) is 0.785. The number of nitrogens with zero attached hydrogens (tertiary/aromatic N) is 2. The van der Waals surface area contributed by atoms with Crippen LogP contribution in [0.3, 0.4) is 0 Å². The van der Waals surface area contributed by atoms with E-state index in [1.165, 1.54) is 12.1 Å². The van der Waals surface area contributed by atoms with E-state index in [2.05, 4.69) is 6.92 Å². The summed E-state index contributed by atoms with van der Waals surface area (Å²) in [6.07, 6.45) is 2.99. The van der Waals surface area contributed by atoms with Crippen molar-refractivity contribution in [1.29, 1.82) is 5.26 Å². The molecule has 1 fully saturated rings. The highest BCUT2D eigenvalue weighted by Crippen LogP contribution is 2.62. The van der Waals surface area contributed by atoms with Gasteiger partial charge in [-0.3, -0.25) is 0 Å². The van der Waals surface area contributed by atoms with Crippen LogP contribution in [0.15, 0.2) is 41.4 Å². The first-order chi connectivity index (χ1) is 15.6. The van der Waals surface area contributed by atoms with Crippen molar-refractivity contribution in [2.24, 2.45) is 22.1 Å². The molecule has 0 amide bonds. The normalized spacial score (nSPS) is 33.9. The number of rotatable bonds is 2. The van der Waals surface area contributed by atoms with E-state index in [1.807, 2.05) is 24.3 Å². The van der Waals surface area contributed by atoms with E-state index >= 15 is 0 Å². The fraction of sp³-hybridized carbons (Fsp3) is 0.440. The minimum atomic E-state index is -2.14. The minimum Gasteiger partial charge on any atom is -0.462 e. The Balaban J connectivity index is 1.70. The molecule has 0 unspecified atom stereocenters. The molecule has 2 aliphatic carbocycles. The van der Waals surface area contributed by atoms with Crippen molar-refractivity contribution in [3.05, 3.63) is 58.9 Å². The first-order valence-corrected chi connectivity index (χ1v) is 10.6. The van der Waals surface area contributed by atoms with Gasteiger partial charge in [0, 0.05) is 12.5 Å². The van der Waals surface area contributed by atoms with E-state index in [0.717, 1.165) is 24.0 Å². The van der Waals surface area contributed by atoms with Crippen LogP contribution < -0.4 is 5.73 Å². The van der Waals surface area contributed by atoms with Gasteiger partial charge in [0.2, 0.25) is 0 Å². The number of nitriles is 1. The summed E-state index contributed by atoms with van der Waals surface area (Å²) in [5, 5.41) is 9.26. The lowest BCUT2D eigenvalue weighted by Crippen LogP contribution is -2.48. The Morgan fingerprint density at radius 3 is 2.84 bits per heavy atom. The summed E-state index contributed by atoms with van der Waals surface area (Å²) in [6, 6.07) is 11.8. The fourth-order valence-electron chi connectivity index (χ4n) is 5.92. The summed E-state index contributed by atoms with van der Waals surface area (Å²) in [5.41, 5.74) is 7.33. The lowest BCUT2D eigenvalue weighted by atomic mass is 9.59. The lowest BCUT2D eigenvalue weighted by Gasteiger charge is -2.47. The molecule has 1 heterocycles. The van der Waals surface area contributed by atoms with Crippen LogP contribution in [-0.2, 0) is 21.4 Å². The molecular formula is C25H26FN3O2. The fourth-order valence-corrected chi connectivity index (χ4v) is 5.92. The molecule has 3 aliphatic rings. The topological polar surface area (TPSA) is 80.6 Å². The molecule has 2 aromatic rings. The highest BCUT2D eigenvalue weighted by molar-refractivity contribution is 5.76. The van der Waals surface area contributed by atoms with Gasteiger partial charge in [0.1, 0.15) is 17.9 Å². The van der Waals surface area contributed by atoms with E-state index in [9.17, 15) is 9.65 Å². The molecule has 5 nitrogen and oxygen atoms in total. The van der Waals surface area contributed by atoms with Gasteiger partial charge < -0.3 is 15.2 Å². The molecule has 5 rings (SSSR count). The molecule has 31 heavy (non-hydrogen) atoms. The number of hydrogen-bond acceptors (Lipinski definition) is 5. The first kappa shape index (κ1) is 17.7. The minimum absolute atomic E-state index is 0.109. The molecule has 2 N–H and O–H groups in total. The van der Waals surface area contributed by atoms with Crippen molar-refractivity contribution in [2.75, 3.05) is 13.7 Å². The van der Waals surface area contributed by atoms with Crippen LogP contribution in [0.25, 0.3) is 11.1 Å². The molecule has 4 atom stereocenters. The van der Waals surface area contributed by atoms with E-state index in [0.29, 0.717) is 24.0 Å². The number of amidine groups is 1. The largest absolute Gasteiger partial charge is 0.462 e. The molecule has 2 spiro atoms. The maximum atomic E-state index is 14.2. The summed E-state index contributed by atoms with van der Waals surface area (Å²) < 4.78 is 43.1. The molecule has 1 aliphatic heterocycles. The molecular weight excluding hydrogens is 393 g/mol. The summed E-state index contributed by atoms with van der Waals surface area (Å²) in [5.74, 6) is -0.284. The van der Waals surface area contributed by atoms with Gasteiger partial charge in [-0.15, -0.1) is 0 Å². The van der Waals surface area contributed by atoms with Crippen LogP contribution in [-0.4, -0.2) is 25.8 Å². The average Bonchev–Trinajstić information content (AvgIpc) is 3.17. The Kier molecular flexibility index (Phi) is 4.04. The Labute approximate surface area is 184 Å². The number of hydrogen-bond donors (Lipinski definition) is 1. The van der Waals surface area contributed by atoms with E-state index in [4.69, 9.17) is 22.9 Å². The van der Waals surface area contributed by atoms with Gasteiger partial charge in [0.25, 0.3) is 6.02 Å². The van der Waals surface area contributed by atoms with Gasteiger partial charge in [-0.2, -0.15) is 5.26 Å². The van der Waals surface area contributed by atoms with Crippen LogP contribution in [0.1, 0.15) is 45.6 Å². The number of fused-ring (bicyclic) bond motifs is 3. The summed E-state index contributed by atoms with van der Waals surface area (Å²) >= 11 is 0. The number of aliphatic imine (C=N–C) groups is 1. The number of nitrogens with two attached hydrogens (primary N) is 1. The van der Waals surface area contributed by atoms with Crippen LogP contribution >= 0.6 is 0 Å². The molecule has 160 valence electrons. The van der Waals surface area contributed by atoms with Gasteiger partial charge >= 0.3 is 0 Å². The molecule has 0 bridgehead atoms. The molecule has 0 aromatic heterocycles. The SMILES string of the molecule is [2H]C1([2H])OC(N)=N[C@]12c1cc(-c3cc(F)cc(C#N)c3)ccc1C[C@]21CC[C@@H](OC)[C@H](C)C1. The van der Waals surface area contributed by atoms with Crippen molar-refractivity contribution in [3.63, 3.8) is 0 Å². The third-order valence-electron chi connectivity index (χ3n) is 7.29. The van der Waals surface area contributed by atoms with Gasteiger partial charge in [-0.25, -0.2) is 9.38 Å². The monoisotopic (exact) mass is 421 g/mol. The van der Waals surface area contributed by atoms with Gasteiger partial charge in [-0.05, 0) is 78.1 Å². The van der Waals surface area contributed by atoms with E-state index < -0.39 is 23.3 Å². The van der Waals surface area contributed by atoms with Gasteiger partial charge in [0.05, 0.1) is 20.5 Å². The first-order valence-electron chi connectivity index (χ1n) is 11.6. The zero-order valence-electron chi connectivity index (χ0n) is 19.6. The van der Waals surface area contributed by atoms with Crippen LogP contribution in [0.2, 0.25) is 0 Å². The molecule has 0 radical (unpaired) electrons. The molecule has 2 aromatic carbocycles. The van der Waals surface area contributed by atoms with Crippen LogP contribution in [0, 0.1) is 28.5 Å². The number of benzene rings is 2. The van der Waals surface area contributed by atoms with Gasteiger partial charge in [-0.1, -0.05) is 19.1 Å². The highest BCUT2D eigenvalue weighted by Gasteiger charge is 2.62. The maximum Gasteiger partial charge on any atom is 0.283 e. The lowest BCUT2D eigenvalue weighted by molar-refractivity contribution is -0.0445. The van der Waals surface area contributed by atoms with Crippen molar-refractivity contribution in [1.82, 2.24) is 0 Å². The zero-order chi connectivity index (χ0) is 23.6. The second kappa shape index (κ2) is 7.06. The summed E-state index contributed by atoms with van der Waals surface area (Å²) in [7, 11) is 1.72. The summed E-state index contributed by atoms with van der Waals surface area (Å²) in [6.45, 7) is -0.00779. The Hall–Kier alpha value is -2.91. The summed E-state index contributed by atoms with van der Waals surface area (Å²) in [4.78, 5) is 4.69. The average molecular weight is 422 g/mol. The van der Waals surface area contributed by atoms with Crippen molar-refractivity contribution >= 4 is 6.02 Å². The molecule has 1 saturated carbocycles. The zero-order valence-corrected chi connectivity index (χ0v) is 17.6. The van der Waals surface area contributed by atoms with Crippen LogP contribution in [0.4, 0.5) is 4.39 Å². The van der Waals surface area contributed by atoms with Crippen molar-refractivity contribution in [3.8, 4) is 17.2 Å². The van der Waals surface area contributed by atoms with Crippen molar-refractivity contribution in [2.45, 2.75) is 44.2 Å². The molecule has 0 saturated heterocycles. The smallest absolute Gasteiger partial charge is 0.283 e. The Bertz CT molecular complexity index is 1210. The van der Waals surface area contributed by atoms with Gasteiger partial charge in [0.15, 0.2) is 0 Å². The van der Waals surface area contributed by atoms with Crippen LogP contribution in [0.5, 0.6) is 0 Å². The predicted molar refractivity (Wildman–Crippen MR) is 116 cm³/mol. The number of halogens is 1. The Morgan fingerprint density at radius 1 is 1.32 bits per heavy atom. The highest BCUT2D eigenvalue weighted by atomic mass is 19.1. The Morgan fingerprint density at radius 2 is 2.16 bits per heavy atom. The predicted octanol–water partition coefficient (Wildman–Crippen LogP) is 4.28. The maximum absolute atomic E-state index is 14.2. The second-order valence-corrected chi connectivity index (χ2v) is 9.03. The van der Waals surface area contributed by atoms with E-state index in [-0.39, 0.29) is 23.6 Å².